The van der Waals surface area contributed by atoms with Crippen LogP contribution in [-0.2, 0) is 12.8 Å². The molecule has 4 heteroatoms. The van der Waals surface area contributed by atoms with E-state index in [0.29, 0.717) is 23.3 Å². The van der Waals surface area contributed by atoms with Gasteiger partial charge in [0.15, 0.2) is 0 Å². The number of hydrogen-bond acceptors (Lipinski definition) is 4. The number of rotatable bonds is 10. The van der Waals surface area contributed by atoms with Crippen LogP contribution in [0.4, 0.5) is 0 Å². The lowest BCUT2D eigenvalue weighted by atomic mass is 9.98. The standard InChI is InChI=1S/C31H44N2O2/c1-20(2)10-12-24-14-22(5)30(34)26(16-24)18-32-28-8-7-9-29(28)33-19-27-17-25(13-11-21(3)4)15-23(6)31(27)35/h14-21,28-29,34-35H,7-13H2,1-6H3. The molecule has 0 saturated heterocycles. The van der Waals surface area contributed by atoms with Crippen molar-refractivity contribution in [3.8, 4) is 11.5 Å². The van der Waals surface area contributed by atoms with E-state index in [1.807, 2.05) is 26.3 Å². The number of aliphatic imine (C=N–C) groups is 2. The molecular formula is C31H44N2O2. The second-order valence-corrected chi connectivity index (χ2v) is 11.2. The Balaban J connectivity index is 1.75. The summed E-state index contributed by atoms with van der Waals surface area (Å²) in [5.74, 6) is 1.94. The molecule has 0 aromatic heterocycles. The van der Waals surface area contributed by atoms with Crippen molar-refractivity contribution in [3.63, 3.8) is 0 Å². The minimum absolute atomic E-state index is 0.0950. The lowest BCUT2D eigenvalue weighted by Crippen LogP contribution is -2.16. The molecule has 2 atom stereocenters. The van der Waals surface area contributed by atoms with Crippen LogP contribution in [0.5, 0.6) is 11.5 Å². The molecule has 0 heterocycles. The zero-order valence-corrected chi connectivity index (χ0v) is 22.5. The molecule has 2 aromatic carbocycles. The number of aryl methyl sites for hydroxylation is 4. The summed E-state index contributed by atoms with van der Waals surface area (Å²) in [6, 6.07) is 8.51. The fraction of sp³-hybridized carbons (Fsp3) is 0.548. The Morgan fingerprint density at radius 1 is 0.743 bits per heavy atom. The fourth-order valence-corrected chi connectivity index (χ4v) is 4.78. The molecule has 190 valence electrons. The zero-order valence-electron chi connectivity index (χ0n) is 22.5. The van der Waals surface area contributed by atoms with Crippen LogP contribution in [-0.4, -0.2) is 34.7 Å². The van der Waals surface area contributed by atoms with Gasteiger partial charge in [-0.3, -0.25) is 9.98 Å². The van der Waals surface area contributed by atoms with Gasteiger partial charge in [-0.2, -0.15) is 0 Å². The van der Waals surface area contributed by atoms with Crippen molar-refractivity contribution < 1.29 is 10.2 Å². The van der Waals surface area contributed by atoms with E-state index in [0.717, 1.165) is 67.2 Å². The number of hydrogen-bond donors (Lipinski definition) is 2. The Morgan fingerprint density at radius 3 is 1.51 bits per heavy atom. The molecule has 0 aliphatic heterocycles. The first kappa shape index (κ1) is 27.0. The average Bonchev–Trinajstić information content (AvgIpc) is 3.25. The van der Waals surface area contributed by atoms with Gasteiger partial charge in [-0.1, -0.05) is 39.8 Å². The highest BCUT2D eigenvalue weighted by Crippen LogP contribution is 2.29. The van der Waals surface area contributed by atoms with Crippen LogP contribution in [0.1, 0.15) is 93.2 Å². The molecule has 1 aliphatic carbocycles. The third-order valence-electron chi connectivity index (χ3n) is 7.05. The normalized spacial score (nSPS) is 18.6. The number of phenols is 2. The van der Waals surface area contributed by atoms with E-state index in [2.05, 4.69) is 52.0 Å². The summed E-state index contributed by atoms with van der Waals surface area (Å²) in [7, 11) is 0. The molecule has 2 unspecified atom stereocenters. The second kappa shape index (κ2) is 12.4. The Morgan fingerprint density at radius 2 is 1.14 bits per heavy atom. The molecule has 3 rings (SSSR count). The maximum Gasteiger partial charge on any atom is 0.127 e. The topological polar surface area (TPSA) is 65.2 Å². The molecule has 1 fully saturated rings. The molecule has 1 aliphatic rings. The van der Waals surface area contributed by atoms with Crippen molar-refractivity contribution in [2.45, 2.75) is 98.6 Å². The van der Waals surface area contributed by atoms with Crippen LogP contribution in [0.15, 0.2) is 34.3 Å². The van der Waals surface area contributed by atoms with Crippen LogP contribution >= 0.6 is 0 Å². The molecule has 4 nitrogen and oxygen atoms in total. The highest BCUT2D eigenvalue weighted by atomic mass is 16.3. The van der Waals surface area contributed by atoms with E-state index in [1.54, 1.807) is 0 Å². The molecule has 35 heavy (non-hydrogen) atoms. The van der Waals surface area contributed by atoms with Gasteiger partial charge in [0.2, 0.25) is 0 Å². The number of nitrogens with zero attached hydrogens (tertiary/aromatic N) is 2. The lowest BCUT2D eigenvalue weighted by molar-refractivity contribution is 0.469. The third-order valence-corrected chi connectivity index (χ3v) is 7.05. The van der Waals surface area contributed by atoms with Gasteiger partial charge in [0.25, 0.3) is 0 Å². The monoisotopic (exact) mass is 476 g/mol. The predicted molar refractivity (Wildman–Crippen MR) is 149 cm³/mol. The molecular weight excluding hydrogens is 432 g/mol. The number of phenolic OH excluding ortho intramolecular Hbond substituents is 2. The second-order valence-electron chi connectivity index (χ2n) is 11.2. The van der Waals surface area contributed by atoms with E-state index >= 15 is 0 Å². The van der Waals surface area contributed by atoms with Crippen molar-refractivity contribution in [2.75, 3.05) is 0 Å². The summed E-state index contributed by atoms with van der Waals surface area (Å²) >= 11 is 0. The van der Waals surface area contributed by atoms with Gasteiger partial charge in [0.05, 0.1) is 12.1 Å². The van der Waals surface area contributed by atoms with Crippen molar-refractivity contribution >= 4 is 12.4 Å². The van der Waals surface area contributed by atoms with Gasteiger partial charge in [-0.15, -0.1) is 0 Å². The van der Waals surface area contributed by atoms with Crippen LogP contribution in [0.2, 0.25) is 0 Å². The van der Waals surface area contributed by atoms with E-state index < -0.39 is 0 Å². The Hall–Kier alpha value is -2.62. The molecule has 2 aromatic rings. The predicted octanol–water partition coefficient (Wildman–Crippen LogP) is 7.35. The highest BCUT2D eigenvalue weighted by molar-refractivity contribution is 5.85. The molecule has 2 N–H and O–H groups in total. The first-order valence-corrected chi connectivity index (χ1v) is 13.3. The SMILES string of the molecule is Cc1cc(CCC(C)C)cc(C=NC2CCCC2N=Cc2cc(CCC(C)C)cc(C)c2O)c1O. The minimum Gasteiger partial charge on any atom is -0.507 e. The fourth-order valence-electron chi connectivity index (χ4n) is 4.78. The van der Waals surface area contributed by atoms with Crippen molar-refractivity contribution in [2.24, 2.45) is 21.8 Å². The highest BCUT2D eigenvalue weighted by Gasteiger charge is 2.25. The van der Waals surface area contributed by atoms with Gasteiger partial charge in [-0.25, -0.2) is 0 Å². The van der Waals surface area contributed by atoms with Crippen molar-refractivity contribution in [1.29, 1.82) is 0 Å². The summed E-state index contributed by atoms with van der Waals surface area (Å²) in [6.45, 7) is 12.9. The van der Waals surface area contributed by atoms with Crippen molar-refractivity contribution in [3.05, 3.63) is 57.6 Å². The van der Waals surface area contributed by atoms with Gasteiger partial charge < -0.3 is 10.2 Å². The van der Waals surface area contributed by atoms with Gasteiger partial charge in [0, 0.05) is 23.6 Å². The average molecular weight is 477 g/mol. The van der Waals surface area contributed by atoms with Gasteiger partial charge in [-0.05, 0) is 105 Å². The quantitative estimate of drug-likeness (QED) is 0.352. The Kier molecular flexibility index (Phi) is 9.54. The first-order chi connectivity index (χ1) is 16.6. The molecule has 1 saturated carbocycles. The minimum atomic E-state index is 0.0950. The number of benzene rings is 2. The summed E-state index contributed by atoms with van der Waals surface area (Å²) < 4.78 is 0. The van der Waals surface area contributed by atoms with E-state index in [9.17, 15) is 10.2 Å². The zero-order chi connectivity index (χ0) is 25.5. The smallest absolute Gasteiger partial charge is 0.127 e. The summed E-state index contributed by atoms with van der Waals surface area (Å²) in [5, 5.41) is 21.2. The largest absolute Gasteiger partial charge is 0.507 e. The van der Waals surface area contributed by atoms with Crippen LogP contribution in [0.3, 0.4) is 0 Å². The van der Waals surface area contributed by atoms with Crippen LogP contribution in [0.25, 0.3) is 0 Å². The lowest BCUT2D eigenvalue weighted by Gasteiger charge is -2.13. The Labute approximate surface area is 212 Å². The van der Waals surface area contributed by atoms with Gasteiger partial charge >= 0.3 is 0 Å². The molecule has 0 bridgehead atoms. The summed E-state index contributed by atoms with van der Waals surface area (Å²) in [5.41, 5.74) is 5.89. The van der Waals surface area contributed by atoms with Crippen LogP contribution < -0.4 is 0 Å². The van der Waals surface area contributed by atoms with Gasteiger partial charge in [0.1, 0.15) is 11.5 Å². The molecule has 0 radical (unpaired) electrons. The maximum atomic E-state index is 10.6. The molecule has 0 spiro atoms. The summed E-state index contributed by atoms with van der Waals surface area (Å²) in [6.07, 6.45) is 11.0. The Bertz CT molecular complexity index is 969. The van der Waals surface area contributed by atoms with E-state index in [4.69, 9.17) is 9.98 Å². The van der Waals surface area contributed by atoms with Crippen molar-refractivity contribution in [1.82, 2.24) is 0 Å². The maximum absolute atomic E-state index is 10.6. The first-order valence-electron chi connectivity index (χ1n) is 13.3. The van der Waals surface area contributed by atoms with Crippen LogP contribution in [0, 0.1) is 25.7 Å². The third kappa shape index (κ3) is 7.68. The molecule has 0 amide bonds. The van der Waals surface area contributed by atoms with E-state index in [1.165, 1.54) is 11.1 Å². The van der Waals surface area contributed by atoms with E-state index in [-0.39, 0.29) is 12.1 Å². The number of aromatic hydroxyl groups is 2. The summed E-state index contributed by atoms with van der Waals surface area (Å²) in [4.78, 5) is 9.74.